The third-order valence-electron chi connectivity index (χ3n) is 2.48. The number of rotatable bonds is 6. The standard InChI is InChI=1S/C11H21N3O4/c1-5(2)7(9(12)15)13-11(18)14-8(6(3)4)10(16)17/h5-8H,1-4H3,(H2,12,15)(H,16,17)(H2,13,14,18)/t7?,8-/m0/s1. The molecule has 0 aliphatic heterocycles. The number of nitrogens with one attached hydrogen (secondary N) is 2. The Hall–Kier alpha value is -1.79. The fraction of sp³-hybridized carbons (Fsp3) is 0.727. The first-order valence-corrected chi connectivity index (χ1v) is 5.76. The molecule has 0 bridgehead atoms. The average Bonchev–Trinajstić information content (AvgIpc) is 2.20. The summed E-state index contributed by atoms with van der Waals surface area (Å²) in [5, 5.41) is 13.6. The second-order valence-electron chi connectivity index (χ2n) is 4.80. The van der Waals surface area contributed by atoms with Gasteiger partial charge >= 0.3 is 12.0 Å². The summed E-state index contributed by atoms with van der Waals surface area (Å²) in [6.07, 6.45) is 0. The molecule has 0 rings (SSSR count). The molecule has 7 nitrogen and oxygen atoms in total. The molecule has 18 heavy (non-hydrogen) atoms. The van der Waals surface area contributed by atoms with E-state index in [1.807, 2.05) is 0 Å². The summed E-state index contributed by atoms with van der Waals surface area (Å²) in [7, 11) is 0. The van der Waals surface area contributed by atoms with Crippen molar-refractivity contribution in [2.75, 3.05) is 0 Å². The number of aliphatic carboxylic acids is 1. The van der Waals surface area contributed by atoms with Gasteiger partial charge in [0, 0.05) is 0 Å². The van der Waals surface area contributed by atoms with Crippen LogP contribution in [-0.4, -0.2) is 35.1 Å². The van der Waals surface area contributed by atoms with Gasteiger partial charge in [0.1, 0.15) is 12.1 Å². The number of primary amides is 1. The molecule has 0 aromatic heterocycles. The molecule has 1 unspecified atom stereocenters. The molecule has 2 atom stereocenters. The minimum atomic E-state index is -1.12. The van der Waals surface area contributed by atoms with Crippen LogP contribution < -0.4 is 16.4 Å². The lowest BCUT2D eigenvalue weighted by molar-refractivity contribution is -0.140. The van der Waals surface area contributed by atoms with Crippen LogP contribution in [0.5, 0.6) is 0 Å². The Morgan fingerprint density at radius 1 is 0.944 bits per heavy atom. The molecule has 0 fully saturated rings. The van der Waals surface area contributed by atoms with E-state index >= 15 is 0 Å². The molecule has 0 saturated carbocycles. The van der Waals surface area contributed by atoms with Gasteiger partial charge in [-0.25, -0.2) is 9.59 Å². The number of hydrogen-bond donors (Lipinski definition) is 4. The number of carboxylic acid groups (broad SMARTS) is 1. The average molecular weight is 259 g/mol. The first kappa shape index (κ1) is 16.2. The van der Waals surface area contributed by atoms with Gasteiger partial charge in [0.05, 0.1) is 0 Å². The zero-order chi connectivity index (χ0) is 14.5. The number of carbonyl (C=O) groups is 3. The Morgan fingerprint density at radius 3 is 1.61 bits per heavy atom. The molecule has 0 aliphatic carbocycles. The second kappa shape index (κ2) is 6.83. The Labute approximate surface area is 106 Å². The number of carbonyl (C=O) groups excluding carboxylic acids is 2. The van der Waals surface area contributed by atoms with Gasteiger partial charge in [0.15, 0.2) is 0 Å². The third-order valence-corrected chi connectivity index (χ3v) is 2.48. The van der Waals surface area contributed by atoms with Crippen molar-refractivity contribution in [3.05, 3.63) is 0 Å². The highest BCUT2D eigenvalue weighted by Crippen LogP contribution is 2.03. The Kier molecular flexibility index (Phi) is 6.15. The number of hydrogen-bond acceptors (Lipinski definition) is 3. The predicted molar refractivity (Wildman–Crippen MR) is 65.7 cm³/mol. The smallest absolute Gasteiger partial charge is 0.326 e. The first-order chi connectivity index (χ1) is 8.16. The molecule has 0 radical (unpaired) electrons. The molecule has 0 aliphatic rings. The summed E-state index contributed by atoms with van der Waals surface area (Å²) in [6.45, 7) is 6.81. The van der Waals surface area contributed by atoms with Gasteiger partial charge in [0.25, 0.3) is 0 Å². The lowest BCUT2D eigenvalue weighted by Gasteiger charge is -2.22. The molecule has 0 saturated heterocycles. The minimum Gasteiger partial charge on any atom is -0.480 e. The summed E-state index contributed by atoms with van der Waals surface area (Å²) in [6, 6.07) is -2.55. The van der Waals surface area contributed by atoms with Crippen molar-refractivity contribution in [3.63, 3.8) is 0 Å². The maximum absolute atomic E-state index is 11.6. The van der Waals surface area contributed by atoms with Gasteiger partial charge in [-0.05, 0) is 11.8 Å². The second-order valence-corrected chi connectivity index (χ2v) is 4.80. The monoisotopic (exact) mass is 259 g/mol. The fourth-order valence-corrected chi connectivity index (χ4v) is 1.40. The van der Waals surface area contributed by atoms with Crippen LogP contribution in [0.3, 0.4) is 0 Å². The minimum absolute atomic E-state index is 0.171. The highest BCUT2D eigenvalue weighted by molar-refractivity contribution is 5.88. The van der Waals surface area contributed by atoms with Crippen molar-refractivity contribution < 1.29 is 19.5 Å². The van der Waals surface area contributed by atoms with Crippen LogP contribution in [0.25, 0.3) is 0 Å². The van der Waals surface area contributed by atoms with Crippen LogP contribution in [0.4, 0.5) is 4.79 Å². The van der Waals surface area contributed by atoms with Gasteiger partial charge in [-0.3, -0.25) is 4.79 Å². The SMILES string of the molecule is CC(C)C(NC(=O)N[C@H](C(=O)O)C(C)C)C(N)=O. The van der Waals surface area contributed by atoms with E-state index in [1.165, 1.54) is 0 Å². The molecule has 104 valence electrons. The van der Waals surface area contributed by atoms with Crippen molar-refractivity contribution >= 4 is 17.9 Å². The molecule has 0 aromatic carbocycles. The van der Waals surface area contributed by atoms with E-state index in [0.717, 1.165) is 0 Å². The molecule has 3 amide bonds. The van der Waals surface area contributed by atoms with Crippen molar-refractivity contribution in [2.45, 2.75) is 39.8 Å². The van der Waals surface area contributed by atoms with E-state index < -0.39 is 30.0 Å². The summed E-state index contributed by atoms with van der Waals surface area (Å²) < 4.78 is 0. The van der Waals surface area contributed by atoms with Crippen molar-refractivity contribution in [3.8, 4) is 0 Å². The number of carboxylic acids is 1. The molecule has 0 spiro atoms. The quantitative estimate of drug-likeness (QED) is 0.532. The van der Waals surface area contributed by atoms with E-state index in [4.69, 9.17) is 10.8 Å². The van der Waals surface area contributed by atoms with Gasteiger partial charge in [0.2, 0.25) is 5.91 Å². The summed E-state index contributed by atoms with van der Waals surface area (Å²) in [4.78, 5) is 33.6. The maximum Gasteiger partial charge on any atom is 0.326 e. The normalized spacial score (nSPS) is 14.1. The number of urea groups is 1. The number of amides is 3. The van der Waals surface area contributed by atoms with Gasteiger partial charge in [-0.1, -0.05) is 27.7 Å². The van der Waals surface area contributed by atoms with Crippen LogP contribution in [0.1, 0.15) is 27.7 Å². The summed E-state index contributed by atoms with van der Waals surface area (Å²) >= 11 is 0. The largest absolute Gasteiger partial charge is 0.480 e. The van der Waals surface area contributed by atoms with Crippen LogP contribution >= 0.6 is 0 Å². The van der Waals surface area contributed by atoms with E-state index in [1.54, 1.807) is 27.7 Å². The summed E-state index contributed by atoms with van der Waals surface area (Å²) in [5.41, 5.74) is 5.14. The van der Waals surface area contributed by atoms with Crippen LogP contribution in [0, 0.1) is 11.8 Å². The van der Waals surface area contributed by atoms with Crippen LogP contribution in [0.15, 0.2) is 0 Å². The van der Waals surface area contributed by atoms with Gasteiger partial charge < -0.3 is 21.5 Å². The Balaban J connectivity index is 4.57. The highest BCUT2D eigenvalue weighted by Gasteiger charge is 2.26. The molecule has 0 aromatic rings. The van der Waals surface area contributed by atoms with Gasteiger partial charge in [-0.2, -0.15) is 0 Å². The molecule has 7 heteroatoms. The van der Waals surface area contributed by atoms with Crippen molar-refractivity contribution in [2.24, 2.45) is 17.6 Å². The molecule has 0 heterocycles. The third kappa shape index (κ3) is 5.03. The lowest BCUT2D eigenvalue weighted by Crippen LogP contribution is -2.55. The Bertz CT molecular complexity index is 298. The molecular formula is C11H21N3O4. The van der Waals surface area contributed by atoms with E-state index in [2.05, 4.69) is 10.6 Å². The molecule has 5 N–H and O–H groups in total. The highest BCUT2D eigenvalue weighted by atomic mass is 16.4. The number of nitrogens with two attached hydrogens (primary N) is 1. The Morgan fingerprint density at radius 2 is 1.33 bits per heavy atom. The van der Waals surface area contributed by atoms with Crippen LogP contribution in [-0.2, 0) is 9.59 Å². The topological polar surface area (TPSA) is 122 Å². The van der Waals surface area contributed by atoms with E-state index in [0.29, 0.717) is 0 Å². The maximum atomic E-state index is 11.6. The van der Waals surface area contributed by atoms with E-state index in [-0.39, 0.29) is 11.8 Å². The van der Waals surface area contributed by atoms with Crippen molar-refractivity contribution in [1.29, 1.82) is 0 Å². The molecular weight excluding hydrogens is 238 g/mol. The summed E-state index contributed by atoms with van der Waals surface area (Å²) in [5.74, 6) is -2.22. The van der Waals surface area contributed by atoms with Gasteiger partial charge in [-0.15, -0.1) is 0 Å². The predicted octanol–water partition coefficient (Wildman–Crippen LogP) is -0.0953. The zero-order valence-corrected chi connectivity index (χ0v) is 11.1. The lowest BCUT2D eigenvalue weighted by atomic mass is 10.0. The van der Waals surface area contributed by atoms with Crippen molar-refractivity contribution in [1.82, 2.24) is 10.6 Å². The van der Waals surface area contributed by atoms with Crippen LogP contribution in [0.2, 0.25) is 0 Å². The van der Waals surface area contributed by atoms with E-state index in [9.17, 15) is 14.4 Å². The fourth-order valence-electron chi connectivity index (χ4n) is 1.40. The first-order valence-electron chi connectivity index (χ1n) is 5.76. The zero-order valence-electron chi connectivity index (χ0n) is 11.1.